The van der Waals surface area contributed by atoms with Gasteiger partial charge in [-0.25, -0.2) is 4.79 Å². The first-order valence-electron chi connectivity index (χ1n) is 11.8. The molecule has 0 aromatic heterocycles. The molecule has 4 rings (SSSR count). The standard InChI is InChI=1S/C29H31NO4/c1-34-26-13-7-6-12-24(26)22-16-14-21(15-17-22)20-25(27(31)32)30-28(33)29(18-8-3-9-19-29)23-10-4-2-5-11-23/h2,4-7,10-17,25H,3,8-9,18-20H2,1H3,(H,30,33)(H,31,32)/t25-/m0/s1. The molecule has 1 saturated carbocycles. The molecule has 5 nitrogen and oxygen atoms in total. The Balaban J connectivity index is 1.52. The maximum absolute atomic E-state index is 13.5. The number of amides is 1. The number of ether oxygens (including phenoxy) is 1. The van der Waals surface area contributed by atoms with Gasteiger partial charge in [-0.05, 0) is 35.6 Å². The third kappa shape index (κ3) is 4.98. The van der Waals surface area contributed by atoms with E-state index >= 15 is 0 Å². The maximum Gasteiger partial charge on any atom is 0.326 e. The summed E-state index contributed by atoms with van der Waals surface area (Å²) in [6, 6.07) is 24.3. The zero-order chi connectivity index (χ0) is 24.0. The molecule has 176 valence electrons. The number of carboxylic acid groups (broad SMARTS) is 1. The molecule has 0 saturated heterocycles. The fraction of sp³-hybridized carbons (Fsp3) is 0.310. The topological polar surface area (TPSA) is 75.6 Å². The molecule has 34 heavy (non-hydrogen) atoms. The first-order valence-corrected chi connectivity index (χ1v) is 11.8. The van der Waals surface area contributed by atoms with Crippen molar-refractivity contribution in [2.45, 2.75) is 50.0 Å². The lowest BCUT2D eigenvalue weighted by Crippen LogP contribution is -2.52. The summed E-state index contributed by atoms with van der Waals surface area (Å²) in [7, 11) is 1.64. The van der Waals surface area contributed by atoms with Crippen LogP contribution in [0.25, 0.3) is 11.1 Å². The van der Waals surface area contributed by atoms with Gasteiger partial charge in [0.1, 0.15) is 11.8 Å². The summed E-state index contributed by atoms with van der Waals surface area (Å²) in [5, 5.41) is 12.8. The molecule has 5 heteroatoms. The van der Waals surface area contributed by atoms with Crippen molar-refractivity contribution in [1.29, 1.82) is 0 Å². The third-order valence-corrected chi connectivity index (χ3v) is 6.88. The van der Waals surface area contributed by atoms with Gasteiger partial charge in [-0.3, -0.25) is 4.79 Å². The van der Waals surface area contributed by atoms with E-state index in [1.165, 1.54) is 0 Å². The summed E-state index contributed by atoms with van der Waals surface area (Å²) in [5.74, 6) is -0.428. The fourth-order valence-electron chi connectivity index (χ4n) is 5.00. The van der Waals surface area contributed by atoms with E-state index in [1.54, 1.807) is 7.11 Å². The number of rotatable bonds is 8. The molecule has 1 fully saturated rings. The van der Waals surface area contributed by atoms with Gasteiger partial charge in [-0.2, -0.15) is 0 Å². The van der Waals surface area contributed by atoms with Crippen molar-refractivity contribution in [2.75, 3.05) is 7.11 Å². The molecule has 0 spiro atoms. The van der Waals surface area contributed by atoms with Crippen molar-refractivity contribution >= 4 is 11.9 Å². The molecule has 0 radical (unpaired) electrons. The first kappa shape index (κ1) is 23.6. The minimum atomic E-state index is -1.03. The van der Waals surface area contributed by atoms with Gasteiger partial charge in [0.25, 0.3) is 0 Å². The maximum atomic E-state index is 13.5. The second kappa shape index (κ2) is 10.6. The highest BCUT2D eigenvalue weighted by molar-refractivity contribution is 5.91. The lowest BCUT2D eigenvalue weighted by atomic mass is 9.68. The smallest absolute Gasteiger partial charge is 0.326 e. The normalized spacial score (nSPS) is 15.8. The predicted molar refractivity (Wildman–Crippen MR) is 133 cm³/mol. The zero-order valence-corrected chi connectivity index (χ0v) is 19.5. The van der Waals surface area contributed by atoms with Crippen molar-refractivity contribution in [3.8, 4) is 16.9 Å². The Hall–Kier alpha value is -3.60. The molecule has 3 aromatic rings. The van der Waals surface area contributed by atoms with Crippen LogP contribution in [0.2, 0.25) is 0 Å². The molecule has 1 amide bonds. The van der Waals surface area contributed by atoms with Crippen molar-refractivity contribution in [1.82, 2.24) is 5.32 Å². The number of methoxy groups -OCH3 is 1. The lowest BCUT2D eigenvalue weighted by Gasteiger charge is -2.37. The van der Waals surface area contributed by atoms with Crippen LogP contribution in [0.1, 0.15) is 43.2 Å². The fourth-order valence-corrected chi connectivity index (χ4v) is 5.00. The van der Waals surface area contributed by atoms with E-state index in [1.807, 2.05) is 78.9 Å². The van der Waals surface area contributed by atoms with Crippen molar-refractivity contribution in [2.24, 2.45) is 0 Å². The Morgan fingerprint density at radius 1 is 0.912 bits per heavy atom. The number of hydrogen-bond donors (Lipinski definition) is 2. The first-order chi connectivity index (χ1) is 16.5. The van der Waals surface area contributed by atoms with Crippen LogP contribution in [0.5, 0.6) is 5.75 Å². The zero-order valence-electron chi connectivity index (χ0n) is 19.5. The highest BCUT2D eigenvalue weighted by Crippen LogP contribution is 2.40. The van der Waals surface area contributed by atoms with Crippen LogP contribution in [-0.4, -0.2) is 30.1 Å². The second-order valence-electron chi connectivity index (χ2n) is 8.97. The van der Waals surface area contributed by atoms with E-state index in [9.17, 15) is 14.7 Å². The van der Waals surface area contributed by atoms with Crippen LogP contribution in [0.15, 0.2) is 78.9 Å². The van der Waals surface area contributed by atoms with Crippen molar-refractivity contribution in [3.05, 3.63) is 90.0 Å². The molecule has 0 unspecified atom stereocenters. The van der Waals surface area contributed by atoms with Crippen LogP contribution in [0.4, 0.5) is 0 Å². The van der Waals surface area contributed by atoms with Gasteiger partial charge in [0.2, 0.25) is 5.91 Å². The SMILES string of the molecule is COc1ccccc1-c1ccc(C[C@H](NC(=O)C2(c3ccccc3)CCCCC2)C(=O)O)cc1. The highest BCUT2D eigenvalue weighted by Gasteiger charge is 2.42. The highest BCUT2D eigenvalue weighted by atomic mass is 16.5. The summed E-state index contributed by atoms with van der Waals surface area (Å²) in [6.45, 7) is 0. The Kier molecular flexibility index (Phi) is 7.31. The molecule has 1 atom stereocenters. The number of nitrogens with one attached hydrogen (secondary N) is 1. The van der Waals surface area contributed by atoms with Crippen molar-refractivity contribution < 1.29 is 19.4 Å². The number of carbonyl (C=O) groups excluding carboxylic acids is 1. The van der Waals surface area contributed by atoms with Crippen LogP contribution >= 0.6 is 0 Å². The molecule has 1 aliphatic carbocycles. The lowest BCUT2D eigenvalue weighted by molar-refractivity contribution is -0.143. The number of benzene rings is 3. The van der Waals surface area contributed by atoms with Gasteiger partial charge in [0, 0.05) is 12.0 Å². The largest absolute Gasteiger partial charge is 0.496 e. The molecular formula is C29H31NO4. The number of aliphatic carboxylic acids is 1. The van der Waals surface area contributed by atoms with E-state index in [4.69, 9.17) is 4.74 Å². The Bertz CT molecular complexity index is 1120. The van der Waals surface area contributed by atoms with Gasteiger partial charge in [-0.15, -0.1) is 0 Å². The summed E-state index contributed by atoms with van der Waals surface area (Å²) in [5.41, 5.74) is 3.12. The number of para-hydroxylation sites is 1. The van der Waals surface area contributed by atoms with Gasteiger partial charge >= 0.3 is 5.97 Å². The van der Waals surface area contributed by atoms with Crippen LogP contribution in [0.3, 0.4) is 0 Å². The van der Waals surface area contributed by atoms with Crippen LogP contribution < -0.4 is 10.1 Å². The molecule has 2 N–H and O–H groups in total. The number of carbonyl (C=O) groups is 2. The minimum absolute atomic E-state index is 0.184. The summed E-state index contributed by atoms with van der Waals surface area (Å²) in [4.78, 5) is 25.7. The average molecular weight is 458 g/mol. The second-order valence-corrected chi connectivity index (χ2v) is 8.97. The van der Waals surface area contributed by atoms with Crippen LogP contribution in [-0.2, 0) is 21.4 Å². The monoisotopic (exact) mass is 457 g/mol. The van der Waals surface area contributed by atoms with Gasteiger partial charge in [-0.1, -0.05) is 92.1 Å². The van der Waals surface area contributed by atoms with E-state index in [2.05, 4.69) is 5.32 Å². The molecule has 0 bridgehead atoms. The summed E-state index contributed by atoms with van der Waals surface area (Å²) < 4.78 is 5.45. The quantitative estimate of drug-likeness (QED) is 0.476. The Morgan fingerprint density at radius 2 is 1.56 bits per heavy atom. The Labute approximate surface area is 200 Å². The number of hydrogen-bond acceptors (Lipinski definition) is 3. The van der Waals surface area contributed by atoms with E-state index in [0.29, 0.717) is 0 Å². The van der Waals surface area contributed by atoms with Crippen molar-refractivity contribution in [3.63, 3.8) is 0 Å². The minimum Gasteiger partial charge on any atom is -0.496 e. The predicted octanol–water partition coefficient (Wildman–Crippen LogP) is 5.38. The van der Waals surface area contributed by atoms with E-state index < -0.39 is 17.4 Å². The molecular weight excluding hydrogens is 426 g/mol. The van der Waals surface area contributed by atoms with Gasteiger partial charge in [0.15, 0.2) is 0 Å². The number of carboxylic acids is 1. The summed E-state index contributed by atoms with van der Waals surface area (Å²) in [6.07, 6.45) is 4.72. The third-order valence-electron chi connectivity index (χ3n) is 6.88. The van der Waals surface area contributed by atoms with E-state index in [-0.39, 0.29) is 12.3 Å². The molecule has 0 aliphatic heterocycles. The average Bonchev–Trinajstić information content (AvgIpc) is 2.89. The van der Waals surface area contributed by atoms with Crippen LogP contribution in [0, 0.1) is 0 Å². The van der Waals surface area contributed by atoms with E-state index in [0.717, 1.165) is 60.1 Å². The molecule has 3 aromatic carbocycles. The van der Waals surface area contributed by atoms with Gasteiger partial charge < -0.3 is 15.2 Å². The Morgan fingerprint density at radius 3 is 2.21 bits per heavy atom. The molecule has 0 heterocycles. The molecule has 1 aliphatic rings. The van der Waals surface area contributed by atoms with Gasteiger partial charge in [0.05, 0.1) is 12.5 Å². The summed E-state index contributed by atoms with van der Waals surface area (Å²) >= 11 is 0.